The normalized spacial score (nSPS) is 11.2. The van der Waals surface area contributed by atoms with E-state index in [1.165, 1.54) is 5.56 Å². The number of nitrogens with one attached hydrogen (secondary N) is 1. The van der Waals surface area contributed by atoms with Crippen LogP contribution in [0, 0.1) is 13.8 Å². The van der Waals surface area contributed by atoms with Gasteiger partial charge < -0.3 is 10.2 Å². The molecule has 0 aliphatic rings. The Kier molecular flexibility index (Phi) is 7.80. The fourth-order valence-electron chi connectivity index (χ4n) is 2.05. The fraction of sp³-hybridized carbons (Fsp3) is 0.500. The SMILES string of the molecule is CN=C(NCCn1cc(C)cn1)N(C)Cc1csc(C)n1.I. The molecule has 0 amide bonds. The molecule has 6 nitrogen and oxygen atoms in total. The van der Waals surface area contributed by atoms with Crippen LogP contribution in [0.15, 0.2) is 22.8 Å². The Balaban J connectivity index is 0.00000242. The molecule has 0 fully saturated rings. The zero-order valence-electron chi connectivity index (χ0n) is 13.4. The van der Waals surface area contributed by atoms with Gasteiger partial charge in [-0.25, -0.2) is 4.98 Å². The van der Waals surface area contributed by atoms with E-state index in [9.17, 15) is 0 Å². The molecule has 122 valence electrons. The van der Waals surface area contributed by atoms with Crippen LogP contribution in [0.5, 0.6) is 0 Å². The van der Waals surface area contributed by atoms with Gasteiger partial charge in [-0.1, -0.05) is 0 Å². The molecule has 0 spiro atoms. The van der Waals surface area contributed by atoms with Crippen LogP contribution in [0.25, 0.3) is 0 Å². The highest BCUT2D eigenvalue weighted by atomic mass is 127. The summed E-state index contributed by atoms with van der Waals surface area (Å²) in [6.07, 6.45) is 3.90. The average Bonchev–Trinajstić information content (AvgIpc) is 3.03. The quantitative estimate of drug-likeness (QED) is 0.446. The number of aromatic nitrogens is 3. The molecule has 0 saturated heterocycles. The van der Waals surface area contributed by atoms with Crippen molar-refractivity contribution >= 4 is 41.3 Å². The van der Waals surface area contributed by atoms with Crippen LogP contribution in [0.3, 0.4) is 0 Å². The first kappa shape index (κ1) is 18.9. The van der Waals surface area contributed by atoms with Gasteiger partial charge in [0.2, 0.25) is 0 Å². The lowest BCUT2D eigenvalue weighted by atomic mass is 10.4. The molecule has 8 heteroatoms. The second-order valence-corrected chi connectivity index (χ2v) is 6.03. The fourth-order valence-corrected chi connectivity index (χ4v) is 2.66. The molecular formula is C14H23IN6S. The van der Waals surface area contributed by atoms with Crippen molar-refractivity contribution < 1.29 is 0 Å². The maximum atomic E-state index is 4.48. The highest BCUT2D eigenvalue weighted by Crippen LogP contribution is 2.09. The van der Waals surface area contributed by atoms with E-state index in [0.717, 1.165) is 36.3 Å². The van der Waals surface area contributed by atoms with Gasteiger partial charge in [0.25, 0.3) is 0 Å². The first-order valence-electron chi connectivity index (χ1n) is 6.90. The molecular weight excluding hydrogens is 411 g/mol. The summed E-state index contributed by atoms with van der Waals surface area (Å²) in [5.74, 6) is 0.865. The van der Waals surface area contributed by atoms with Crippen LogP contribution in [-0.4, -0.2) is 46.3 Å². The van der Waals surface area contributed by atoms with Gasteiger partial charge in [0.1, 0.15) is 0 Å². The lowest BCUT2D eigenvalue weighted by Crippen LogP contribution is -2.39. The predicted molar refractivity (Wildman–Crippen MR) is 102 cm³/mol. The second kappa shape index (κ2) is 9.09. The Morgan fingerprint density at radius 3 is 2.77 bits per heavy atom. The Labute approximate surface area is 152 Å². The van der Waals surface area contributed by atoms with E-state index in [-0.39, 0.29) is 24.0 Å². The molecule has 0 saturated carbocycles. The standard InChI is InChI=1S/C14H22N6S.HI/c1-11-7-17-20(8-11)6-5-16-14(15-3)19(4)9-13-10-21-12(2)18-13;/h7-8,10H,5-6,9H2,1-4H3,(H,15,16);1H. The molecule has 0 unspecified atom stereocenters. The van der Waals surface area contributed by atoms with Crippen LogP contribution in [0.1, 0.15) is 16.3 Å². The molecule has 0 atom stereocenters. The molecule has 2 aromatic heterocycles. The Hall–Kier alpha value is -1.16. The molecule has 0 aromatic carbocycles. The molecule has 2 heterocycles. The highest BCUT2D eigenvalue weighted by molar-refractivity contribution is 14.0. The van der Waals surface area contributed by atoms with Crippen LogP contribution >= 0.6 is 35.3 Å². The minimum atomic E-state index is 0. The minimum Gasteiger partial charge on any atom is -0.354 e. The van der Waals surface area contributed by atoms with Gasteiger partial charge in [0.05, 0.1) is 30.0 Å². The zero-order chi connectivity index (χ0) is 15.2. The number of nitrogens with zero attached hydrogens (tertiary/aromatic N) is 5. The third-order valence-electron chi connectivity index (χ3n) is 3.03. The lowest BCUT2D eigenvalue weighted by Gasteiger charge is -2.21. The summed E-state index contributed by atoms with van der Waals surface area (Å²) in [6, 6.07) is 0. The van der Waals surface area contributed by atoms with Gasteiger partial charge in [-0.2, -0.15) is 5.10 Å². The van der Waals surface area contributed by atoms with Crippen molar-refractivity contribution in [2.24, 2.45) is 4.99 Å². The van der Waals surface area contributed by atoms with Crippen molar-refractivity contribution in [2.45, 2.75) is 26.9 Å². The van der Waals surface area contributed by atoms with E-state index in [0.29, 0.717) is 0 Å². The van der Waals surface area contributed by atoms with Crippen LogP contribution in [0.2, 0.25) is 0 Å². The number of aliphatic imine (C=N–C) groups is 1. The summed E-state index contributed by atoms with van der Waals surface area (Å²) >= 11 is 1.67. The summed E-state index contributed by atoms with van der Waals surface area (Å²) in [5, 5.41) is 10.8. The molecule has 22 heavy (non-hydrogen) atoms. The zero-order valence-corrected chi connectivity index (χ0v) is 16.6. The first-order chi connectivity index (χ1) is 10.1. The van der Waals surface area contributed by atoms with Crippen LogP contribution in [0.4, 0.5) is 0 Å². The number of thiazole rings is 1. The second-order valence-electron chi connectivity index (χ2n) is 4.97. The smallest absolute Gasteiger partial charge is 0.193 e. The van der Waals surface area contributed by atoms with E-state index in [2.05, 4.69) is 30.7 Å². The van der Waals surface area contributed by atoms with Crippen molar-refractivity contribution in [1.29, 1.82) is 0 Å². The van der Waals surface area contributed by atoms with Gasteiger partial charge in [0.15, 0.2) is 5.96 Å². The van der Waals surface area contributed by atoms with Gasteiger partial charge in [0, 0.05) is 32.2 Å². The summed E-state index contributed by atoms with van der Waals surface area (Å²) in [6.45, 7) is 6.42. The maximum absolute atomic E-state index is 4.48. The molecule has 0 aliphatic carbocycles. The third kappa shape index (κ3) is 5.56. The molecule has 0 bridgehead atoms. The largest absolute Gasteiger partial charge is 0.354 e. The number of hydrogen-bond donors (Lipinski definition) is 1. The van der Waals surface area contributed by atoms with Crippen molar-refractivity contribution in [3.05, 3.63) is 34.0 Å². The summed E-state index contributed by atoms with van der Waals surface area (Å²) in [5.41, 5.74) is 2.25. The van der Waals surface area contributed by atoms with Crippen molar-refractivity contribution in [3.8, 4) is 0 Å². The average molecular weight is 434 g/mol. The number of hydrogen-bond acceptors (Lipinski definition) is 4. The van der Waals surface area contributed by atoms with E-state index in [1.54, 1.807) is 18.4 Å². The number of guanidine groups is 1. The Morgan fingerprint density at radius 2 is 2.23 bits per heavy atom. The topological polar surface area (TPSA) is 58.3 Å². The summed E-state index contributed by atoms with van der Waals surface area (Å²) in [7, 11) is 3.81. The van der Waals surface area contributed by atoms with Crippen molar-refractivity contribution in [3.63, 3.8) is 0 Å². The van der Waals surface area contributed by atoms with Crippen molar-refractivity contribution in [2.75, 3.05) is 20.6 Å². The van der Waals surface area contributed by atoms with Gasteiger partial charge in [-0.15, -0.1) is 35.3 Å². The summed E-state index contributed by atoms with van der Waals surface area (Å²) in [4.78, 5) is 10.9. The van der Waals surface area contributed by atoms with E-state index in [4.69, 9.17) is 0 Å². The Morgan fingerprint density at radius 1 is 1.45 bits per heavy atom. The number of rotatable bonds is 5. The predicted octanol–water partition coefficient (Wildman–Crippen LogP) is 2.28. The maximum Gasteiger partial charge on any atom is 0.193 e. The molecule has 0 radical (unpaired) electrons. The van der Waals surface area contributed by atoms with Gasteiger partial charge in [-0.05, 0) is 19.4 Å². The van der Waals surface area contributed by atoms with Crippen LogP contribution < -0.4 is 5.32 Å². The van der Waals surface area contributed by atoms with E-state index >= 15 is 0 Å². The summed E-state index contributed by atoms with van der Waals surface area (Å²) < 4.78 is 1.93. The monoisotopic (exact) mass is 434 g/mol. The molecule has 0 aliphatic heterocycles. The minimum absolute atomic E-state index is 0. The van der Waals surface area contributed by atoms with Crippen LogP contribution in [-0.2, 0) is 13.1 Å². The molecule has 2 aromatic rings. The van der Waals surface area contributed by atoms with E-state index in [1.807, 2.05) is 38.0 Å². The van der Waals surface area contributed by atoms with Gasteiger partial charge in [-0.3, -0.25) is 9.67 Å². The molecule has 2 rings (SSSR count). The number of aryl methyl sites for hydroxylation is 2. The number of halogens is 1. The lowest BCUT2D eigenvalue weighted by molar-refractivity contribution is 0.465. The third-order valence-corrected chi connectivity index (χ3v) is 3.85. The van der Waals surface area contributed by atoms with Crippen molar-refractivity contribution in [1.82, 2.24) is 25.0 Å². The van der Waals surface area contributed by atoms with E-state index < -0.39 is 0 Å². The first-order valence-corrected chi connectivity index (χ1v) is 7.78. The highest BCUT2D eigenvalue weighted by Gasteiger charge is 2.08. The Bertz CT molecular complexity index is 606. The molecule has 1 N–H and O–H groups in total. The van der Waals surface area contributed by atoms with Gasteiger partial charge >= 0.3 is 0 Å².